The Morgan fingerprint density at radius 3 is 2.50 bits per heavy atom. The highest BCUT2D eigenvalue weighted by atomic mass is 16.5. The third-order valence-corrected chi connectivity index (χ3v) is 4.26. The highest BCUT2D eigenvalue weighted by molar-refractivity contribution is 5.36. The molecule has 0 aliphatic rings. The Kier molecular flexibility index (Phi) is 6.50. The molecule has 1 aromatic rings. The van der Waals surface area contributed by atoms with Crippen LogP contribution in [-0.2, 0) is 6.54 Å². The molecule has 1 unspecified atom stereocenters. The summed E-state index contributed by atoms with van der Waals surface area (Å²) in [5.74, 6) is 0.965. The molecule has 3 nitrogen and oxygen atoms in total. The van der Waals surface area contributed by atoms with Crippen LogP contribution in [0.3, 0.4) is 0 Å². The molecule has 0 heterocycles. The summed E-state index contributed by atoms with van der Waals surface area (Å²) in [6, 6.07) is 6.36. The number of methoxy groups -OCH3 is 1. The first kappa shape index (κ1) is 17.0. The number of nitrogens with zero attached hydrogens (tertiary/aromatic N) is 1. The summed E-state index contributed by atoms with van der Waals surface area (Å²) in [4.78, 5) is 2.49. The summed E-state index contributed by atoms with van der Waals surface area (Å²) in [5.41, 5.74) is 8.59. The van der Waals surface area contributed by atoms with Crippen LogP contribution in [0.2, 0.25) is 0 Å². The lowest BCUT2D eigenvalue weighted by atomic mass is 9.95. The number of hydrogen-bond donors (Lipinski definition) is 1. The lowest BCUT2D eigenvalue weighted by Gasteiger charge is -2.40. The molecule has 0 aromatic heterocycles. The van der Waals surface area contributed by atoms with Crippen molar-refractivity contribution in [3.05, 3.63) is 29.3 Å². The smallest absolute Gasteiger partial charge is 0.123 e. The van der Waals surface area contributed by atoms with Gasteiger partial charge in [-0.15, -0.1) is 0 Å². The van der Waals surface area contributed by atoms with Crippen molar-refractivity contribution in [2.75, 3.05) is 20.2 Å². The molecule has 0 amide bonds. The summed E-state index contributed by atoms with van der Waals surface area (Å²) >= 11 is 0. The monoisotopic (exact) mass is 278 g/mol. The van der Waals surface area contributed by atoms with Gasteiger partial charge in [0.25, 0.3) is 0 Å². The van der Waals surface area contributed by atoms with Crippen molar-refractivity contribution in [2.45, 2.75) is 52.6 Å². The molecule has 1 rings (SSSR count). The van der Waals surface area contributed by atoms with Gasteiger partial charge in [-0.3, -0.25) is 4.90 Å². The summed E-state index contributed by atoms with van der Waals surface area (Å²) in [6.07, 6.45) is 2.18. The molecule has 1 aromatic carbocycles. The fourth-order valence-corrected chi connectivity index (χ4v) is 2.54. The minimum atomic E-state index is 0.0464. The number of ether oxygens (including phenoxy) is 1. The van der Waals surface area contributed by atoms with Crippen molar-refractivity contribution >= 4 is 0 Å². The molecule has 0 fully saturated rings. The van der Waals surface area contributed by atoms with Gasteiger partial charge in [-0.1, -0.05) is 31.5 Å². The normalized spacial score (nSPS) is 14.3. The standard InChI is InChI=1S/C17H30N2O/c1-6-10-19(17(4,7-2)13-18)12-15-11-14(3)8-9-16(15)20-5/h8-9,11H,6-7,10,12-13,18H2,1-5H3. The third kappa shape index (κ3) is 3.97. The van der Waals surface area contributed by atoms with Crippen LogP contribution in [0.25, 0.3) is 0 Å². The molecule has 20 heavy (non-hydrogen) atoms. The lowest BCUT2D eigenvalue weighted by Crippen LogP contribution is -2.51. The van der Waals surface area contributed by atoms with Crippen LogP contribution in [0.1, 0.15) is 44.7 Å². The van der Waals surface area contributed by atoms with E-state index in [0.29, 0.717) is 6.54 Å². The molecule has 0 bridgehead atoms. The van der Waals surface area contributed by atoms with Crippen LogP contribution in [0.15, 0.2) is 18.2 Å². The molecular weight excluding hydrogens is 248 g/mol. The van der Waals surface area contributed by atoms with E-state index in [9.17, 15) is 0 Å². The van der Waals surface area contributed by atoms with Gasteiger partial charge in [0.1, 0.15) is 5.75 Å². The van der Waals surface area contributed by atoms with Crippen LogP contribution in [0.5, 0.6) is 5.75 Å². The van der Waals surface area contributed by atoms with Gasteiger partial charge in [0.2, 0.25) is 0 Å². The quantitative estimate of drug-likeness (QED) is 0.792. The molecule has 0 spiro atoms. The average Bonchev–Trinajstić information content (AvgIpc) is 2.46. The Morgan fingerprint density at radius 1 is 1.30 bits per heavy atom. The van der Waals surface area contributed by atoms with Gasteiger partial charge in [-0.05, 0) is 39.3 Å². The molecule has 0 aliphatic carbocycles. The second-order valence-electron chi connectivity index (χ2n) is 5.79. The zero-order valence-corrected chi connectivity index (χ0v) is 13.7. The largest absolute Gasteiger partial charge is 0.496 e. The summed E-state index contributed by atoms with van der Waals surface area (Å²) in [5, 5.41) is 0. The van der Waals surface area contributed by atoms with Crippen molar-refractivity contribution in [3.8, 4) is 5.75 Å². The first-order valence-electron chi connectivity index (χ1n) is 7.59. The SMILES string of the molecule is CCCN(Cc1cc(C)ccc1OC)C(C)(CC)CN. The topological polar surface area (TPSA) is 38.5 Å². The number of benzene rings is 1. The Labute approximate surface area is 124 Å². The molecule has 2 N–H and O–H groups in total. The molecule has 1 atom stereocenters. The van der Waals surface area contributed by atoms with E-state index in [0.717, 1.165) is 31.7 Å². The second kappa shape index (κ2) is 7.65. The van der Waals surface area contributed by atoms with E-state index in [4.69, 9.17) is 10.5 Å². The summed E-state index contributed by atoms with van der Waals surface area (Å²) in [6.45, 7) is 11.4. The zero-order chi connectivity index (χ0) is 15.2. The molecule has 0 saturated heterocycles. The van der Waals surface area contributed by atoms with E-state index in [1.807, 2.05) is 0 Å². The molecule has 3 heteroatoms. The van der Waals surface area contributed by atoms with Gasteiger partial charge in [0.15, 0.2) is 0 Å². The number of rotatable bonds is 8. The second-order valence-corrected chi connectivity index (χ2v) is 5.79. The minimum absolute atomic E-state index is 0.0464. The first-order valence-corrected chi connectivity index (χ1v) is 7.59. The average molecular weight is 278 g/mol. The van der Waals surface area contributed by atoms with Gasteiger partial charge in [-0.2, -0.15) is 0 Å². The Balaban J connectivity index is 3.04. The predicted molar refractivity (Wildman–Crippen MR) is 86.2 cm³/mol. The lowest BCUT2D eigenvalue weighted by molar-refractivity contribution is 0.0963. The highest BCUT2D eigenvalue weighted by Crippen LogP contribution is 2.26. The Hall–Kier alpha value is -1.06. The van der Waals surface area contributed by atoms with Gasteiger partial charge < -0.3 is 10.5 Å². The van der Waals surface area contributed by atoms with Gasteiger partial charge in [0, 0.05) is 24.2 Å². The first-order chi connectivity index (χ1) is 9.50. The number of hydrogen-bond acceptors (Lipinski definition) is 3. The van der Waals surface area contributed by atoms with Gasteiger partial charge >= 0.3 is 0 Å². The maximum absolute atomic E-state index is 6.03. The maximum Gasteiger partial charge on any atom is 0.123 e. The number of aryl methyl sites for hydroxylation is 1. The van der Waals surface area contributed by atoms with Crippen LogP contribution >= 0.6 is 0 Å². The van der Waals surface area contributed by atoms with E-state index in [1.165, 1.54) is 11.1 Å². The van der Waals surface area contributed by atoms with Gasteiger partial charge in [-0.25, -0.2) is 0 Å². The molecular formula is C17H30N2O. The molecule has 0 aliphatic heterocycles. The van der Waals surface area contributed by atoms with Crippen molar-refractivity contribution < 1.29 is 4.74 Å². The Morgan fingerprint density at radius 2 is 2.00 bits per heavy atom. The van der Waals surface area contributed by atoms with Crippen molar-refractivity contribution in [1.82, 2.24) is 4.90 Å². The van der Waals surface area contributed by atoms with E-state index in [-0.39, 0.29) is 5.54 Å². The van der Waals surface area contributed by atoms with Crippen LogP contribution in [0, 0.1) is 6.92 Å². The summed E-state index contributed by atoms with van der Waals surface area (Å²) < 4.78 is 5.50. The number of nitrogens with two attached hydrogens (primary N) is 1. The van der Waals surface area contributed by atoms with Crippen molar-refractivity contribution in [1.29, 1.82) is 0 Å². The summed E-state index contributed by atoms with van der Waals surface area (Å²) in [7, 11) is 1.74. The third-order valence-electron chi connectivity index (χ3n) is 4.26. The van der Waals surface area contributed by atoms with Gasteiger partial charge in [0.05, 0.1) is 7.11 Å². The maximum atomic E-state index is 6.03. The highest BCUT2D eigenvalue weighted by Gasteiger charge is 2.28. The fourth-order valence-electron chi connectivity index (χ4n) is 2.54. The predicted octanol–water partition coefficient (Wildman–Crippen LogP) is 3.34. The molecule has 114 valence electrons. The van der Waals surface area contributed by atoms with Crippen LogP contribution in [-0.4, -0.2) is 30.6 Å². The van der Waals surface area contributed by atoms with E-state index in [1.54, 1.807) is 7.11 Å². The minimum Gasteiger partial charge on any atom is -0.496 e. The van der Waals surface area contributed by atoms with E-state index < -0.39 is 0 Å². The van der Waals surface area contributed by atoms with Crippen LogP contribution < -0.4 is 10.5 Å². The van der Waals surface area contributed by atoms with E-state index >= 15 is 0 Å². The van der Waals surface area contributed by atoms with Crippen molar-refractivity contribution in [3.63, 3.8) is 0 Å². The molecule has 0 radical (unpaired) electrons. The Bertz CT molecular complexity index is 413. The fraction of sp³-hybridized carbons (Fsp3) is 0.647. The van der Waals surface area contributed by atoms with Crippen LogP contribution in [0.4, 0.5) is 0 Å². The molecule has 0 saturated carbocycles. The van der Waals surface area contributed by atoms with Crippen molar-refractivity contribution in [2.24, 2.45) is 5.73 Å². The van der Waals surface area contributed by atoms with E-state index in [2.05, 4.69) is 50.8 Å². The zero-order valence-electron chi connectivity index (χ0n) is 13.7.